The first-order chi connectivity index (χ1) is 14.7. The van der Waals surface area contributed by atoms with Crippen LogP contribution in [0.25, 0.3) is 11.0 Å². The molecule has 1 saturated heterocycles. The molecule has 1 atom stereocenters. The van der Waals surface area contributed by atoms with Crippen molar-refractivity contribution >= 4 is 40.5 Å². The van der Waals surface area contributed by atoms with Gasteiger partial charge in [-0.15, -0.1) is 0 Å². The standard InChI is InChI=1S/C19H27N11O/c1-11-10-29(19(31)24-14-9-21-18(27(3)4)23-12(14)2)6-7-30(11)16-13-8-22-28(5)15(13)25-17(20)26-16/h8-9,11H,6-7,10H2,1-5H3,(H,24,31)(H2,20,25,26)/t11-/m0/s1. The highest BCUT2D eigenvalue weighted by Crippen LogP contribution is 2.27. The van der Waals surface area contributed by atoms with E-state index in [9.17, 15) is 4.79 Å². The number of nitrogens with zero attached hydrogens (tertiary/aromatic N) is 9. The molecule has 1 aliphatic heterocycles. The van der Waals surface area contributed by atoms with Crippen molar-refractivity contribution in [3.63, 3.8) is 0 Å². The number of urea groups is 1. The number of piperazine rings is 1. The van der Waals surface area contributed by atoms with Gasteiger partial charge in [0.1, 0.15) is 5.82 Å². The first kappa shape index (κ1) is 20.6. The highest BCUT2D eigenvalue weighted by Gasteiger charge is 2.30. The number of anilines is 4. The molecule has 3 aromatic heterocycles. The van der Waals surface area contributed by atoms with Gasteiger partial charge in [0.05, 0.1) is 29.2 Å². The summed E-state index contributed by atoms with van der Waals surface area (Å²) in [6.07, 6.45) is 3.38. The summed E-state index contributed by atoms with van der Waals surface area (Å²) in [5.74, 6) is 1.55. The monoisotopic (exact) mass is 425 g/mol. The Balaban J connectivity index is 1.48. The fourth-order valence-electron chi connectivity index (χ4n) is 3.69. The summed E-state index contributed by atoms with van der Waals surface area (Å²) in [4.78, 5) is 36.1. The molecular weight excluding hydrogens is 398 g/mol. The summed E-state index contributed by atoms with van der Waals surface area (Å²) in [5.41, 5.74) is 7.94. The van der Waals surface area contributed by atoms with Crippen molar-refractivity contribution in [1.82, 2.24) is 34.6 Å². The molecular formula is C19H27N11O. The fraction of sp³-hybridized carbons (Fsp3) is 0.474. The second kappa shape index (κ2) is 7.85. The predicted molar refractivity (Wildman–Crippen MR) is 119 cm³/mol. The Morgan fingerprint density at radius 3 is 2.68 bits per heavy atom. The van der Waals surface area contributed by atoms with Crippen LogP contribution in [0.15, 0.2) is 12.4 Å². The number of hydrogen-bond donors (Lipinski definition) is 2. The zero-order chi connectivity index (χ0) is 22.3. The number of amides is 2. The number of aromatic nitrogens is 6. The lowest BCUT2D eigenvalue weighted by atomic mass is 10.2. The van der Waals surface area contributed by atoms with E-state index in [1.807, 2.05) is 33.0 Å². The van der Waals surface area contributed by atoms with Gasteiger partial charge in [0.25, 0.3) is 0 Å². The van der Waals surface area contributed by atoms with Gasteiger partial charge in [-0.25, -0.2) is 14.8 Å². The molecule has 0 spiro atoms. The minimum Gasteiger partial charge on any atom is -0.368 e. The largest absolute Gasteiger partial charge is 0.368 e. The second-order valence-corrected chi connectivity index (χ2v) is 7.89. The Hall–Kier alpha value is -3.70. The number of fused-ring (bicyclic) bond motifs is 1. The van der Waals surface area contributed by atoms with Crippen LogP contribution in [0.1, 0.15) is 12.6 Å². The third kappa shape index (κ3) is 3.88. The number of aryl methyl sites for hydroxylation is 2. The molecule has 12 nitrogen and oxygen atoms in total. The molecule has 12 heteroatoms. The van der Waals surface area contributed by atoms with E-state index in [0.29, 0.717) is 42.6 Å². The first-order valence-corrected chi connectivity index (χ1v) is 10.0. The Morgan fingerprint density at radius 2 is 2.00 bits per heavy atom. The number of nitrogen functional groups attached to an aromatic ring is 1. The quantitative estimate of drug-likeness (QED) is 0.626. The molecule has 31 heavy (non-hydrogen) atoms. The topological polar surface area (TPSA) is 134 Å². The summed E-state index contributed by atoms with van der Waals surface area (Å²) >= 11 is 0. The van der Waals surface area contributed by atoms with Crippen molar-refractivity contribution in [2.24, 2.45) is 7.05 Å². The zero-order valence-corrected chi connectivity index (χ0v) is 18.4. The van der Waals surface area contributed by atoms with Crippen LogP contribution in [0.2, 0.25) is 0 Å². The second-order valence-electron chi connectivity index (χ2n) is 7.89. The van der Waals surface area contributed by atoms with Crippen LogP contribution in [0.5, 0.6) is 0 Å². The molecule has 0 saturated carbocycles. The normalized spacial score (nSPS) is 16.6. The van der Waals surface area contributed by atoms with Gasteiger partial charge in [-0.1, -0.05) is 0 Å². The third-order valence-corrected chi connectivity index (χ3v) is 5.38. The maximum Gasteiger partial charge on any atom is 0.322 e. The van der Waals surface area contributed by atoms with Crippen molar-refractivity contribution in [3.05, 3.63) is 18.1 Å². The number of nitrogens with two attached hydrogens (primary N) is 1. The number of nitrogens with one attached hydrogen (secondary N) is 1. The minimum absolute atomic E-state index is 0.0330. The van der Waals surface area contributed by atoms with Crippen molar-refractivity contribution in [1.29, 1.82) is 0 Å². The average Bonchev–Trinajstić information content (AvgIpc) is 3.09. The predicted octanol–water partition coefficient (Wildman–Crippen LogP) is 0.853. The Kier molecular flexibility index (Phi) is 5.21. The Morgan fingerprint density at radius 1 is 1.23 bits per heavy atom. The third-order valence-electron chi connectivity index (χ3n) is 5.38. The molecule has 164 valence electrons. The lowest BCUT2D eigenvalue weighted by Crippen LogP contribution is -2.55. The van der Waals surface area contributed by atoms with Gasteiger partial charge in [-0.2, -0.15) is 15.1 Å². The summed E-state index contributed by atoms with van der Waals surface area (Å²) < 4.78 is 1.68. The maximum absolute atomic E-state index is 12.9. The van der Waals surface area contributed by atoms with Gasteiger partial charge in [-0.05, 0) is 13.8 Å². The van der Waals surface area contributed by atoms with E-state index in [1.54, 1.807) is 22.0 Å². The maximum atomic E-state index is 12.9. The molecule has 0 unspecified atom stereocenters. The van der Waals surface area contributed by atoms with Crippen LogP contribution < -0.4 is 20.9 Å². The zero-order valence-electron chi connectivity index (χ0n) is 18.4. The fourth-order valence-corrected chi connectivity index (χ4v) is 3.69. The van der Waals surface area contributed by atoms with Crippen molar-refractivity contribution in [2.45, 2.75) is 19.9 Å². The number of rotatable bonds is 3. The number of carbonyl (C=O) groups is 1. The average molecular weight is 426 g/mol. The number of carbonyl (C=O) groups excluding carboxylic acids is 1. The molecule has 0 aromatic carbocycles. The van der Waals surface area contributed by atoms with Gasteiger partial charge < -0.3 is 25.8 Å². The molecule has 0 aliphatic carbocycles. The van der Waals surface area contributed by atoms with Crippen LogP contribution in [-0.2, 0) is 7.05 Å². The van der Waals surface area contributed by atoms with Crippen molar-refractivity contribution < 1.29 is 4.79 Å². The van der Waals surface area contributed by atoms with Crippen LogP contribution in [0.4, 0.5) is 28.2 Å². The summed E-state index contributed by atoms with van der Waals surface area (Å²) in [7, 11) is 5.57. The lowest BCUT2D eigenvalue weighted by Gasteiger charge is -2.40. The van der Waals surface area contributed by atoms with Crippen LogP contribution >= 0.6 is 0 Å². The van der Waals surface area contributed by atoms with E-state index >= 15 is 0 Å². The van der Waals surface area contributed by atoms with Crippen molar-refractivity contribution in [3.8, 4) is 0 Å². The van der Waals surface area contributed by atoms with Gasteiger partial charge in [-0.3, -0.25) is 4.68 Å². The number of hydrogen-bond acceptors (Lipinski definition) is 9. The van der Waals surface area contributed by atoms with E-state index < -0.39 is 0 Å². The van der Waals surface area contributed by atoms with Crippen LogP contribution in [0.3, 0.4) is 0 Å². The SMILES string of the molecule is Cc1nc(N(C)C)ncc1NC(=O)N1CCN(c2nc(N)nc3c2cnn3C)[C@@H](C)C1. The highest BCUT2D eigenvalue weighted by molar-refractivity contribution is 5.91. The molecule has 0 bridgehead atoms. The van der Waals surface area contributed by atoms with E-state index in [4.69, 9.17) is 5.73 Å². The molecule has 1 fully saturated rings. The summed E-state index contributed by atoms with van der Waals surface area (Å²) in [6.45, 7) is 5.60. The first-order valence-electron chi connectivity index (χ1n) is 10.0. The van der Waals surface area contributed by atoms with Crippen LogP contribution in [0, 0.1) is 6.92 Å². The highest BCUT2D eigenvalue weighted by atomic mass is 16.2. The van der Waals surface area contributed by atoms with E-state index in [-0.39, 0.29) is 18.0 Å². The Labute approximate surface area is 180 Å². The molecule has 3 aromatic rings. The molecule has 2 amide bonds. The van der Waals surface area contributed by atoms with Gasteiger partial charge >= 0.3 is 6.03 Å². The molecule has 4 heterocycles. The molecule has 1 aliphatic rings. The van der Waals surface area contributed by atoms with Crippen LogP contribution in [-0.4, -0.2) is 80.4 Å². The van der Waals surface area contributed by atoms with Gasteiger partial charge in [0, 0.05) is 46.8 Å². The molecule has 0 radical (unpaired) electrons. The Bertz CT molecular complexity index is 1130. The van der Waals surface area contributed by atoms with E-state index in [1.165, 1.54) is 0 Å². The summed E-state index contributed by atoms with van der Waals surface area (Å²) in [5, 5.41) is 8.05. The van der Waals surface area contributed by atoms with Crippen molar-refractivity contribution in [2.75, 3.05) is 54.6 Å². The molecule has 4 rings (SSSR count). The lowest BCUT2D eigenvalue weighted by molar-refractivity contribution is 0.200. The van der Waals surface area contributed by atoms with E-state index in [0.717, 1.165) is 11.2 Å². The molecule has 3 N–H and O–H groups in total. The van der Waals surface area contributed by atoms with Gasteiger partial charge in [0.2, 0.25) is 11.9 Å². The smallest absolute Gasteiger partial charge is 0.322 e. The minimum atomic E-state index is -0.176. The van der Waals surface area contributed by atoms with Gasteiger partial charge in [0.15, 0.2) is 5.65 Å². The van der Waals surface area contributed by atoms with E-state index in [2.05, 4.69) is 42.2 Å². The summed E-state index contributed by atoms with van der Waals surface area (Å²) in [6, 6.07) is -0.143.